The molecular formula is C12H11Cl2N3O5S. The lowest BCUT2D eigenvalue weighted by Crippen LogP contribution is -2.34. The van der Waals surface area contributed by atoms with Crippen molar-refractivity contribution in [3.8, 4) is 0 Å². The lowest BCUT2D eigenvalue weighted by molar-refractivity contribution is -0.137. The van der Waals surface area contributed by atoms with Crippen molar-refractivity contribution in [2.45, 2.75) is 4.90 Å². The average Bonchev–Trinajstić information content (AvgIpc) is 2.69. The first-order chi connectivity index (χ1) is 10.6. The van der Waals surface area contributed by atoms with Gasteiger partial charge in [0.25, 0.3) is 11.8 Å². The highest BCUT2D eigenvalue weighted by molar-refractivity contribution is 7.89. The molecule has 0 atom stereocenters. The highest BCUT2D eigenvalue weighted by Gasteiger charge is 2.31. The molecule has 0 saturated heterocycles. The summed E-state index contributed by atoms with van der Waals surface area (Å²) in [6.07, 6.45) is 1.03. The number of hydrogen-bond donors (Lipinski definition) is 3. The third-order valence-electron chi connectivity index (χ3n) is 2.94. The average molecular weight is 380 g/mol. The summed E-state index contributed by atoms with van der Waals surface area (Å²) in [5, 5.41) is 16.2. The fraction of sp³-hybridized carbons (Fsp3) is 0.167. The Kier molecular flexibility index (Phi) is 4.97. The Morgan fingerprint density at radius 3 is 2.26 bits per heavy atom. The number of primary sulfonamides is 1. The van der Waals surface area contributed by atoms with Crippen LogP contribution in [0.15, 0.2) is 28.8 Å². The number of carbonyl (C=O) groups excluding carboxylic acids is 2. The summed E-state index contributed by atoms with van der Waals surface area (Å²) < 4.78 is 22.6. The lowest BCUT2D eigenvalue weighted by atomic mass is 10.3. The number of β-amino-alcohol motifs (C(OH)–C–C–N with tert-alkyl or cyclic N) is 1. The van der Waals surface area contributed by atoms with Crippen molar-refractivity contribution >= 4 is 50.7 Å². The molecule has 4 N–H and O–H groups in total. The molecule has 0 aliphatic carbocycles. The molecule has 0 saturated carbocycles. The fourth-order valence-corrected chi connectivity index (χ4v) is 3.15. The molecule has 1 aromatic carbocycles. The number of nitrogens with zero attached hydrogens (tertiary/aromatic N) is 1. The van der Waals surface area contributed by atoms with E-state index in [0.29, 0.717) is 0 Å². The number of aliphatic hydroxyl groups is 1. The Labute approximate surface area is 141 Å². The van der Waals surface area contributed by atoms with Gasteiger partial charge in [-0.2, -0.15) is 0 Å². The van der Waals surface area contributed by atoms with Crippen LogP contribution in [0.3, 0.4) is 0 Å². The van der Waals surface area contributed by atoms with E-state index in [2.05, 4.69) is 5.32 Å². The number of imide groups is 1. The Bertz CT molecular complexity index is 799. The molecular weight excluding hydrogens is 369 g/mol. The van der Waals surface area contributed by atoms with Crippen LogP contribution in [-0.2, 0) is 19.6 Å². The zero-order valence-corrected chi connectivity index (χ0v) is 13.7. The van der Waals surface area contributed by atoms with Gasteiger partial charge in [0.05, 0.1) is 33.8 Å². The molecule has 1 aliphatic heterocycles. The van der Waals surface area contributed by atoms with Crippen LogP contribution in [0, 0.1) is 0 Å². The van der Waals surface area contributed by atoms with E-state index in [4.69, 9.17) is 33.4 Å². The molecule has 124 valence electrons. The van der Waals surface area contributed by atoms with E-state index in [-0.39, 0.29) is 39.5 Å². The summed E-state index contributed by atoms with van der Waals surface area (Å²) in [4.78, 5) is 24.2. The smallest absolute Gasteiger partial charge is 0.277 e. The van der Waals surface area contributed by atoms with Gasteiger partial charge < -0.3 is 10.4 Å². The van der Waals surface area contributed by atoms with Crippen LogP contribution >= 0.6 is 23.2 Å². The van der Waals surface area contributed by atoms with Crippen LogP contribution in [-0.4, -0.2) is 43.4 Å². The van der Waals surface area contributed by atoms with Crippen LogP contribution in [0.4, 0.5) is 5.69 Å². The van der Waals surface area contributed by atoms with Gasteiger partial charge in [0.2, 0.25) is 10.0 Å². The van der Waals surface area contributed by atoms with Crippen molar-refractivity contribution in [1.29, 1.82) is 0 Å². The van der Waals surface area contributed by atoms with Gasteiger partial charge in [0.1, 0.15) is 5.70 Å². The van der Waals surface area contributed by atoms with Gasteiger partial charge in [-0.25, -0.2) is 13.6 Å². The third kappa shape index (κ3) is 3.65. The summed E-state index contributed by atoms with van der Waals surface area (Å²) in [6.45, 7) is -0.520. The minimum atomic E-state index is -4.00. The van der Waals surface area contributed by atoms with Crippen LogP contribution in [0.1, 0.15) is 0 Å². The molecule has 2 rings (SSSR count). The molecule has 23 heavy (non-hydrogen) atoms. The van der Waals surface area contributed by atoms with Crippen molar-refractivity contribution in [2.75, 3.05) is 18.5 Å². The summed E-state index contributed by atoms with van der Waals surface area (Å²) in [6, 6.07) is 2.14. The minimum Gasteiger partial charge on any atom is -0.395 e. The first-order valence-electron chi connectivity index (χ1n) is 6.12. The van der Waals surface area contributed by atoms with E-state index in [1.165, 1.54) is 0 Å². The first kappa shape index (κ1) is 17.7. The normalized spacial score (nSPS) is 15.1. The van der Waals surface area contributed by atoms with Crippen molar-refractivity contribution in [1.82, 2.24) is 4.90 Å². The largest absolute Gasteiger partial charge is 0.395 e. The van der Waals surface area contributed by atoms with E-state index in [9.17, 15) is 18.0 Å². The zero-order valence-electron chi connectivity index (χ0n) is 11.4. The van der Waals surface area contributed by atoms with Gasteiger partial charge >= 0.3 is 0 Å². The van der Waals surface area contributed by atoms with E-state index in [0.717, 1.165) is 23.1 Å². The van der Waals surface area contributed by atoms with Crippen LogP contribution in [0.25, 0.3) is 0 Å². The maximum absolute atomic E-state index is 12.0. The van der Waals surface area contributed by atoms with E-state index in [1.807, 2.05) is 0 Å². The van der Waals surface area contributed by atoms with Gasteiger partial charge in [-0.15, -0.1) is 0 Å². The molecule has 0 spiro atoms. The standard InChI is InChI=1S/C12H11Cl2N3O5S/c13-7-3-6(23(15,21)22)4-8(14)11(7)16-9-5-10(19)17(1-2-18)12(9)20/h3-5,16,18H,1-2H2,(H2,15,21,22). The maximum Gasteiger partial charge on any atom is 0.277 e. The number of carbonyl (C=O) groups is 2. The number of benzene rings is 1. The second-order valence-electron chi connectivity index (χ2n) is 4.51. The molecule has 0 fully saturated rings. The molecule has 2 amide bonds. The van der Waals surface area contributed by atoms with Gasteiger partial charge in [0.15, 0.2) is 0 Å². The predicted molar refractivity (Wildman–Crippen MR) is 83.3 cm³/mol. The molecule has 1 aromatic rings. The highest BCUT2D eigenvalue weighted by atomic mass is 35.5. The number of halogens is 2. The Morgan fingerprint density at radius 2 is 1.78 bits per heavy atom. The number of aliphatic hydroxyl groups excluding tert-OH is 1. The summed E-state index contributed by atoms with van der Waals surface area (Å²) in [5.41, 5.74) is -0.0467. The maximum atomic E-state index is 12.0. The van der Waals surface area contributed by atoms with Crippen molar-refractivity contribution in [3.05, 3.63) is 34.0 Å². The van der Waals surface area contributed by atoms with Crippen molar-refractivity contribution < 1.29 is 23.1 Å². The lowest BCUT2D eigenvalue weighted by Gasteiger charge is -2.15. The molecule has 0 aromatic heterocycles. The number of rotatable bonds is 5. The van der Waals surface area contributed by atoms with Gasteiger partial charge in [-0.1, -0.05) is 23.2 Å². The van der Waals surface area contributed by atoms with E-state index >= 15 is 0 Å². The van der Waals surface area contributed by atoms with Gasteiger partial charge in [-0.3, -0.25) is 14.5 Å². The second-order valence-corrected chi connectivity index (χ2v) is 6.88. The van der Waals surface area contributed by atoms with Crippen LogP contribution in [0.5, 0.6) is 0 Å². The van der Waals surface area contributed by atoms with Crippen LogP contribution in [0.2, 0.25) is 10.0 Å². The number of nitrogens with one attached hydrogen (secondary N) is 1. The summed E-state index contributed by atoms with van der Waals surface area (Å²) >= 11 is 11.9. The quantitative estimate of drug-likeness (QED) is 0.630. The number of amides is 2. The predicted octanol–water partition coefficient (Wildman–Crippen LogP) is 0.298. The minimum absolute atomic E-state index is 0.0546. The number of nitrogens with two attached hydrogens (primary N) is 1. The summed E-state index contributed by atoms with van der Waals surface area (Å²) in [7, 11) is -4.00. The molecule has 0 unspecified atom stereocenters. The number of hydrogen-bond acceptors (Lipinski definition) is 6. The molecule has 0 radical (unpaired) electrons. The molecule has 8 nitrogen and oxygen atoms in total. The molecule has 1 heterocycles. The Balaban J connectivity index is 2.34. The number of sulfonamides is 1. The zero-order chi connectivity index (χ0) is 17.4. The van der Waals surface area contributed by atoms with Crippen molar-refractivity contribution in [3.63, 3.8) is 0 Å². The van der Waals surface area contributed by atoms with Gasteiger partial charge in [-0.05, 0) is 12.1 Å². The van der Waals surface area contributed by atoms with E-state index in [1.54, 1.807) is 0 Å². The SMILES string of the molecule is NS(=O)(=O)c1cc(Cl)c(NC2=CC(=O)N(CCO)C2=O)c(Cl)c1. The van der Waals surface area contributed by atoms with Crippen LogP contribution < -0.4 is 10.5 Å². The van der Waals surface area contributed by atoms with Gasteiger partial charge in [0, 0.05) is 6.08 Å². The monoisotopic (exact) mass is 379 g/mol. The third-order valence-corrected chi connectivity index (χ3v) is 4.43. The Hall–Kier alpha value is -1.65. The molecule has 1 aliphatic rings. The molecule has 11 heteroatoms. The topological polar surface area (TPSA) is 130 Å². The highest BCUT2D eigenvalue weighted by Crippen LogP contribution is 2.34. The second kappa shape index (κ2) is 6.46. The Morgan fingerprint density at radius 1 is 1.22 bits per heavy atom. The van der Waals surface area contributed by atoms with Crippen molar-refractivity contribution in [2.24, 2.45) is 5.14 Å². The fourth-order valence-electron chi connectivity index (χ4n) is 1.88. The first-order valence-corrected chi connectivity index (χ1v) is 8.42. The van der Waals surface area contributed by atoms with E-state index < -0.39 is 21.8 Å². The molecule has 0 bridgehead atoms. The summed E-state index contributed by atoms with van der Waals surface area (Å²) in [5.74, 6) is -1.26. The number of anilines is 1.